The van der Waals surface area contributed by atoms with Gasteiger partial charge in [0.25, 0.3) is 5.69 Å². The number of amides is 1. The molecule has 8 nitrogen and oxygen atoms in total. The highest BCUT2D eigenvalue weighted by Crippen LogP contribution is 2.36. The first-order valence-electron chi connectivity index (χ1n) is 9.14. The van der Waals surface area contributed by atoms with Crippen LogP contribution in [0.5, 0.6) is 5.75 Å². The van der Waals surface area contributed by atoms with Crippen LogP contribution in [-0.4, -0.2) is 31.7 Å². The van der Waals surface area contributed by atoms with E-state index in [1.807, 2.05) is 36.4 Å². The van der Waals surface area contributed by atoms with Gasteiger partial charge in [-0.15, -0.1) is 11.3 Å². The number of nitro benzene ring substituents is 1. The van der Waals surface area contributed by atoms with E-state index < -0.39 is 10.8 Å². The number of rotatable bonds is 6. The molecular formula is C21H16N4O4S2. The van der Waals surface area contributed by atoms with E-state index in [2.05, 4.69) is 15.3 Å². The first-order valence-corrected chi connectivity index (χ1v) is 10.9. The molecule has 2 aromatic carbocycles. The van der Waals surface area contributed by atoms with E-state index in [-0.39, 0.29) is 22.9 Å². The van der Waals surface area contributed by atoms with Crippen molar-refractivity contribution in [2.75, 3.05) is 11.1 Å². The molecule has 10 heteroatoms. The van der Waals surface area contributed by atoms with Crippen molar-refractivity contribution in [1.29, 1.82) is 0 Å². The molecule has 0 aliphatic rings. The van der Waals surface area contributed by atoms with Crippen LogP contribution in [0.1, 0.15) is 5.82 Å². The minimum Gasteiger partial charge on any atom is -0.506 e. The Labute approximate surface area is 185 Å². The molecule has 2 aromatic heterocycles. The minimum atomic E-state index is -0.592. The number of fused-ring (bicyclic) bond motifs is 1. The Kier molecular flexibility index (Phi) is 5.83. The van der Waals surface area contributed by atoms with Crippen LogP contribution in [-0.2, 0) is 4.79 Å². The third-order valence-electron chi connectivity index (χ3n) is 4.33. The minimum absolute atomic E-state index is 0.00860. The molecule has 2 heterocycles. The van der Waals surface area contributed by atoms with Crippen LogP contribution in [0.25, 0.3) is 20.7 Å². The second-order valence-corrected chi connectivity index (χ2v) is 8.56. The number of hydrogen-bond acceptors (Lipinski definition) is 8. The third-order valence-corrected chi connectivity index (χ3v) is 6.40. The number of benzene rings is 2. The molecular weight excluding hydrogens is 436 g/mol. The highest BCUT2D eigenvalue weighted by Gasteiger charge is 2.16. The van der Waals surface area contributed by atoms with Crippen molar-refractivity contribution in [1.82, 2.24) is 9.97 Å². The number of carbonyl (C=O) groups excluding carboxylic acids is 1. The fourth-order valence-corrected chi connectivity index (χ4v) is 4.90. The number of nitrogens with zero attached hydrogens (tertiary/aromatic N) is 3. The Hall–Kier alpha value is -3.50. The third kappa shape index (κ3) is 4.65. The number of aryl methyl sites for hydroxylation is 1. The molecule has 4 rings (SSSR count). The van der Waals surface area contributed by atoms with E-state index in [9.17, 15) is 20.0 Å². The molecule has 0 atom stereocenters. The van der Waals surface area contributed by atoms with Crippen molar-refractivity contribution in [2.24, 2.45) is 0 Å². The fraction of sp³-hybridized carbons (Fsp3) is 0.0952. The van der Waals surface area contributed by atoms with Crippen LogP contribution in [0.3, 0.4) is 0 Å². The number of anilines is 1. The van der Waals surface area contributed by atoms with Gasteiger partial charge in [0.15, 0.2) is 0 Å². The Morgan fingerprint density at radius 3 is 2.71 bits per heavy atom. The summed E-state index contributed by atoms with van der Waals surface area (Å²) in [6, 6.07) is 15.4. The molecule has 2 N–H and O–H groups in total. The molecule has 0 radical (unpaired) electrons. The first kappa shape index (κ1) is 20.8. The van der Waals surface area contributed by atoms with Gasteiger partial charge in [0.05, 0.1) is 16.4 Å². The molecule has 0 unspecified atom stereocenters. The number of nitro groups is 1. The predicted molar refractivity (Wildman–Crippen MR) is 122 cm³/mol. The summed E-state index contributed by atoms with van der Waals surface area (Å²) in [5, 5.41) is 24.9. The summed E-state index contributed by atoms with van der Waals surface area (Å²) in [6.07, 6.45) is 0. The van der Waals surface area contributed by atoms with Crippen molar-refractivity contribution < 1.29 is 14.8 Å². The lowest BCUT2D eigenvalue weighted by Gasteiger charge is -2.07. The van der Waals surface area contributed by atoms with Crippen LogP contribution in [0.2, 0.25) is 0 Å². The average Bonchev–Trinajstić information content (AvgIpc) is 3.18. The molecule has 156 valence electrons. The number of non-ortho nitro benzene ring substituents is 1. The summed E-state index contributed by atoms with van der Waals surface area (Å²) in [5.74, 6) is -0.0315. The van der Waals surface area contributed by atoms with E-state index in [4.69, 9.17) is 0 Å². The summed E-state index contributed by atoms with van der Waals surface area (Å²) in [4.78, 5) is 33.6. The SMILES string of the molecule is Cc1nc(SCC(=O)Nc2cc([N+](=O)[O-])ccc2O)c2cc(-c3ccccc3)sc2n1. The van der Waals surface area contributed by atoms with E-state index in [1.165, 1.54) is 23.9 Å². The average molecular weight is 453 g/mol. The van der Waals surface area contributed by atoms with Crippen molar-refractivity contribution in [3.63, 3.8) is 0 Å². The van der Waals surface area contributed by atoms with Gasteiger partial charge in [-0.2, -0.15) is 0 Å². The van der Waals surface area contributed by atoms with Gasteiger partial charge in [-0.1, -0.05) is 42.1 Å². The molecule has 31 heavy (non-hydrogen) atoms. The number of aromatic nitrogens is 2. The number of phenolic OH excluding ortho intramolecular Hbond substituents is 1. The number of phenols is 1. The standard InChI is InChI=1S/C21H16N4O4S2/c1-12-22-20(15-10-18(31-21(15)23-12)13-5-3-2-4-6-13)30-11-19(27)24-16-9-14(25(28)29)7-8-17(16)26/h2-10,26H,11H2,1H3,(H,24,27). The number of aromatic hydroxyl groups is 1. The fourth-order valence-electron chi connectivity index (χ4n) is 2.91. The Bertz CT molecular complexity index is 1290. The number of carbonyl (C=O) groups is 1. The van der Waals surface area contributed by atoms with Gasteiger partial charge in [0, 0.05) is 22.4 Å². The molecule has 0 fully saturated rings. The summed E-state index contributed by atoms with van der Waals surface area (Å²) < 4.78 is 0. The monoisotopic (exact) mass is 452 g/mol. The highest BCUT2D eigenvalue weighted by atomic mass is 32.2. The van der Waals surface area contributed by atoms with Gasteiger partial charge in [0.2, 0.25) is 5.91 Å². The molecule has 1 amide bonds. The lowest BCUT2D eigenvalue weighted by atomic mass is 10.2. The molecule has 0 bridgehead atoms. The van der Waals surface area contributed by atoms with Gasteiger partial charge in [-0.25, -0.2) is 9.97 Å². The molecule has 0 aliphatic heterocycles. The van der Waals surface area contributed by atoms with Crippen LogP contribution in [0, 0.1) is 17.0 Å². The van der Waals surface area contributed by atoms with Crippen molar-refractivity contribution in [3.8, 4) is 16.2 Å². The lowest BCUT2D eigenvalue weighted by Crippen LogP contribution is -2.14. The largest absolute Gasteiger partial charge is 0.506 e. The molecule has 0 spiro atoms. The highest BCUT2D eigenvalue weighted by molar-refractivity contribution is 8.00. The first-order chi connectivity index (χ1) is 14.9. The van der Waals surface area contributed by atoms with E-state index in [0.717, 1.165) is 26.7 Å². The topological polar surface area (TPSA) is 118 Å². The summed E-state index contributed by atoms with van der Waals surface area (Å²) in [6.45, 7) is 1.80. The Morgan fingerprint density at radius 2 is 1.97 bits per heavy atom. The quantitative estimate of drug-likeness (QED) is 0.139. The second-order valence-electron chi connectivity index (χ2n) is 6.57. The van der Waals surface area contributed by atoms with E-state index in [0.29, 0.717) is 10.9 Å². The summed E-state index contributed by atoms with van der Waals surface area (Å²) >= 11 is 2.80. The zero-order chi connectivity index (χ0) is 22.0. The number of thioether (sulfide) groups is 1. The molecule has 0 aliphatic carbocycles. The van der Waals surface area contributed by atoms with Crippen molar-refractivity contribution >= 4 is 50.6 Å². The number of hydrogen-bond donors (Lipinski definition) is 2. The smallest absolute Gasteiger partial charge is 0.271 e. The van der Waals surface area contributed by atoms with Gasteiger partial charge >= 0.3 is 0 Å². The maximum atomic E-state index is 12.4. The summed E-state index contributed by atoms with van der Waals surface area (Å²) in [7, 11) is 0. The Morgan fingerprint density at radius 1 is 1.19 bits per heavy atom. The zero-order valence-electron chi connectivity index (χ0n) is 16.2. The lowest BCUT2D eigenvalue weighted by molar-refractivity contribution is -0.384. The normalized spacial score (nSPS) is 10.9. The van der Waals surface area contributed by atoms with Gasteiger partial charge < -0.3 is 10.4 Å². The maximum absolute atomic E-state index is 12.4. The second kappa shape index (κ2) is 8.70. The molecule has 0 saturated carbocycles. The van der Waals surface area contributed by atoms with Crippen molar-refractivity contribution in [3.05, 3.63) is 70.5 Å². The van der Waals surface area contributed by atoms with Crippen LogP contribution in [0.15, 0.2) is 59.6 Å². The van der Waals surface area contributed by atoms with Gasteiger partial charge in [-0.05, 0) is 24.6 Å². The van der Waals surface area contributed by atoms with E-state index >= 15 is 0 Å². The maximum Gasteiger partial charge on any atom is 0.271 e. The van der Waals surface area contributed by atoms with Crippen LogP contribution >= 0.6 is 23.1 Å². The molecule has 4 aromatic rings. The van der Waals surface area contributed by atoms with Gasteiger partial charge in [-0.3, -0.25) is 14.9 Å². The number of nitrogens with one attached hydrogen (secondary N) is 1. The van der Waals surface area contributed by atoms with Crippen molar-refractivity contribution in [2.45, 2.75) is 11.9 Å². The van der Waals surface area contributed by atoms with Gasteiger partial charge in [0.1, 0.15) is 21.4 Å². The summed E-state index contributed by atoms with van der Waals surface area (Å²) in [5.41, 5.74) is 0.851. The molecule has 0 saturated heterocycles. The van der Waals surface area contributed by atoms with E-state index in [1.54, 1.807) is 18.3 Å². The number of thiophene rings is 1. The Balaban J connectivity index is 1.54. The predicted octanol–water partition coefficient (Wildman–Crippen LogP) is 5.01. The van der Waals surface area contributed by atoms with Crippen LogP contribution in [0.4, 0.5) is 11.4 Å². The van der Waals surface area contributed by atoms with Crippen LogP contribution < -0.4 is 5.32 Å². The zero-order valence-corrected chi connectivity index (χ0v) is 17.9.